The molecule has 2 rings (SSSR count). The minimum absolute atomic E-state index is 0.109. The zero-order valence-corrected chi connectivity index (χ0v) is 10.5. The van der Waals surface area contributed by atoms with Crippen LogP contribution >= 0.6 is 11.8 Å². The second kappa shape index (κ2) is 4.78. The molecular formula is C13H19NOS. The molecule has 88 valence electrons. The van der Waals surface area contributed by atoms with Crippen molar-refractivity contribution < 1.29 is 5.11 Å². The molecule has 0 radical (unpaired) electrons. The topological polar surface area (TPSA) is 46.2 Å². The van der Waals surface area contributed by atoms with Crippen LogP contribution in [0.4, 0.5) is 0 Å². The third kappa shape index (κ3) is 2.59. The monoisotopic (exact) mass is 237 g/mol. The molecule has 0 heterocycles. The summed E-state index contributed by atoms with van der Waals surface area (Å²) in [5.41, 5.74) is 7.07. The van der Waals surface area contributed by atoms with Gasteiger partial charge in [0.15, 0.2) is 0 Å². The standard InChI is InChI=1S/C13H19NOS/c1-10-4-2-3-5-12(10)16-11-6-7-13(14,8-11)9-15/h2-5,11,15H,6-9,14H2,1H3. The number of benzene rings is 1. The fraction of sp³-hybridized carbons (Fsp3) is 0.538. The first kappa shape index (κ1) is 12.0. The first-order chi connectivity index (χ1) is 7.63. The molecule has 1 aromatic carbocycles. The number of hydrogen-bond donors (Lipinski definition) is 2. The Morgan fingerprint density at radius 3 is 2.88 bits per heavy atom. The van der Waals surface area contributed by atoms with Gasteiger partial charge in [0.2, 0.25) is 0 Å². The smallest absolute Gasteiger partial charge is 0.0611 e. The van der Waals surface area contributed by atoms with Crippen molar-refractivity contribution in [3.63, 3.8) is 0 Å². The third-order valence-corrected chi connectivity index (χ3v) is 4.75. The van der Waals surface area contributed by atoms with E-state index in [2.05, 4.69) is 31.2 Å². The van der Waals surface area contributed by atoms with Gasteiger partial charge < -0.3 is 10.8 Å². The first-order valence-corrected chi connectivity index (χ1v) is 6.63. The second-order valence-electron chi connectivity index (χ2n) is 4.77. The van der Waals surface area contributed by atoms with Crippen LogP contribution in [0, 0.1) is 6.92 Å². The van der Waals surface area contributed by atoms with Crippen molar-refractivity contribution in [2.24, 2.45) is 5.73 Å². The van der Waals surface area contributed by atoms with Crippen LogP contribution in [0.3, 0.4) is 0 Å². The summed E-state index contributed by atoms with van der Waals surface area (Å²) in [5, 5.41) is 9.78. The zero-order valence-electron chi connectivity index (χ0n) is 9.65. The Labute approximate surface area is 101 Å². The summed E-state index contributed by atoms with van der Waals surface area (Å²) >= 11 is 1.90. The molecule has 0 aromatic heterocycles. The molecule has 0 saturated heterocycles. The summed E-state index contributed by atoms with van der Waals surface area (Å²) in [6.45, 7) is 2.25. The van der Waals surface area contributed by atoms with Crippen molar-refractivity contribution in [1.82, 2.24) is 0 Å². The number of aryl methyl sites for hydroxylation is 1. The number of hydrogen-bond acceptors (Lipinski definition) is 3. The molecule has 0 spiro atoms. The summed E-state index contributed by atoms with van der Waals surface area (Å²) in [5.74, 6) is 0. The van der Waals surface area contributed by atoms with Crippen LogP contribution in [0.25, 0.3) is 0 Å². The van der Waals surface area contributed by atoms with Gasteiger partial charge in [-0.15, -0.1) is 11.8 Å². The maximum atomic E-state index is 9.23. The van der Waals surface area contributed by atoms with Crippen LogP contribution in [0.2, 0.25) is 0 Å². The van der Waals surface area contributed by atoms with E-state index >= 15 is 0 Å². The highest BCUT2D eigenvalue weighted by Gasteiger charge is 2.35. The van der Waals surface area contributed by atoms with Gasteiger partial charge in [-0.1, -0.05) is 18.2 Å². The SMILES string of the molecule is Cc1ccccc1SC1CCC(N)(CO)C1. The molecular weight excluding hydrogens is 218 g/mol. The largest absolute Gasteiger partial charge is 0.394 e. The Bertz CT molecular complexity index is 369. The summed E-state index contributed by atoms with van der Waals surface area (Å²) in [6, 6.07) is 8.44. The molecule has 2 atom stereocenters. The fourth-order valence-corrected chi connectivity index (χ4v) is 3.64. The summed E-state index contributed by atoms with van der Waals surface area (Å²) in [7, 11) is 0. The molecule has 16 heavy (non-hydrogen) atoms. The fourth-order valence-electron chi connectivity index (χ4n) is 2.22. The van der Waals surface area contributed by atoms with E-state index in [1.165, 1.54) is 10.5 Å². The van der Waals surface area contributed by atoms with Crippen molar-refractivity contribution in [2.75, 3.05) is 6.61 Å². The lowest BCUT2D eigenvalue weighted by atomic mass is 10.0. The minimum Gasteiger partial charge on any atom is -0.394 e. The summed E-state index contributed by atoms with van der Waals surface area (Å²) < 4.78 is 0. The van der Waals surface area contributed by atoms with E-state index in [1.54, 1.807) is 0 Å². The molecule has 1 fully saturated rings. The van der Waals surface area contributed by atoms with Gasteiger partial charge in [0.1, 0.15) is 0 Å². The van der Waals surface area contributed by atoms with Gasteiger partial charge in [-0.25, -0.2) is 0 Å². The highest BCUT2D eigenvalue weighted by Crippen LogP contribution is 2.39. The van der Waals surface area contributed by atoms with Crippen LogP contribution in [-0.4, -0.2) is 22.5 Å². The van der Waals surface area contributed by atoms with Gasteiger partial charge in [-0.2, -0.15) is 0 Å². The molecule has 0 aliphatic heterocycles. The highest BCUT2D eigenvalue weighted by atomic mass is 32.2. The van der Waals surface area contributed by atoms with Crippen molar-refractivity contribution in [3.05, 3.63) is 29.8 Å². The van der Waals surface area contributed by atoms with Crippen LogP contribution < -0.4 is 5.73 Å². The van der Waals surface area contributed by atoms with E-state index in [1.807, 2.05) is 11.8 Å². The lowest BCUT2D eigenvalue weighted by molar-refractivity contribution is 0.200. The Hall–Kier alpha value is -0.510. The second-order valence-corrected chi connectivity index (χ2v) is 6.11. The van der Waals surface area contributed by atoms with E-state index in [4.69, 9.17) is 5.73 Å². The first-order valence-electron chi connectivity index (χ1n) is 5.75. The van der Waals surface area contributed by atoms with Crippen LogP contribution in [0.1, 0.15) is 24.8 Å². The van der Waals surface area contributed by atoms with Gasteiger partial charge in [-0.3, -0.25) is 0 Å². The van der Waals surface area contributed by atoms with Crippen molar-refractivity contribution in [3.8, 4) is 0 Å². The van der Waals surface area contributed by atoms with E-state index in [0.717, 1.165) is 19.3 Å². The summed E-state index contributed by atoms with van der Waals surface area (Å²) in [4.78, 5) is 1.34. The maximum Gasteiger partial charge on any atom is 0.0611 e. The van der Waals surface area contributed by atoms with Crippen molar-refractivity contribution >= 4 is 11.8 Å². The highest BCUT2D eigenvalue weighted by molar-refractivity contribution is 8.00. The zero-order chi connectivity index (χ0) is 11.6. The quantitative estimate of drug-likeness (QED) is 0.848. The van der Waals surface area contributed by atoms with E-state index in [-0.39, 0.29) is 12.1 Å². The van der Waals surface area contributed by atoms with Gasteiger partial charge >= 0.3 is 0 Å². The van der Waals surface area contributed by atoms with Gasteiger partial charge in [0, 0.05) is 15.7 Å². The van der Waals surface area contributed by atoms with Crippen molar-refractivity contribution in [2.45, 2.75) is 41.9 Å². The van der Waals surface area contributed by atoms with Crippen LogP contribution in [-0.2, 0) is 0 Å². The Morgan fingerprint density at radius 1 is 1.50 bits per heavy atom. The molecule has 0 bridgehead atoms. The Balaban J connectivity index is 2.00. The molecule has 0 amide bonds. The molecule has 3 N–H and O–H groups in total. The predicted octanol–water partition coefficient (Wildman–Crippen LogP) is 2.33. The van der Waals surface area contributed by atoms with Crippen LogP contribution in [0.5, 0.6) is 0 Å². The molecule has 1 aliphatic rings. The van der Waals surface area contributed by atoms with Gasteiger partial charge in [0.05, 0.1) is 6.61 Å². The van der Waals surface area contributed by atoms with Gasteiger partial charge in [-0.05, 0) is 37.8 Å². The molecule has 2 nitrogen and oxygen atoms in total. The average Bonchev–Trinajstić information content (AvgIpc) is 2.65. The molecule has 3 heteroatoms. The number of rotatable bonds is 3. The number of aliphatic hydroxyl groups is 1. The predicted molar refractivity (Wildman–Crippen MR) is 68.7 cm³/mol. The third-order valence-electron chi connectivity index (χ3n) is 3.30. The average molecular weight is 237 g/mol. The molecule has 1 saturated carbocycles. The number of nitrogens with two attached hydrogens (primary N) is 1. The van der Waals surface area contributed by atoms with E-state index in [9.17, 15) is 5.11 Å². The molecule has 1 aromatic rings. The minimum atomic E-state index is -0.333. The maximum absolute atomic E-state index is 9.23. The van der Waals surface area contributed by atoms with Crippen molar-refractivity contribution in [1.29, 1.82) is 0 Å². The normalized spacial score (nSPS) is 29.6. The Morgan fingerprint density at radius 2 is 2.25 bits per heavy atom. The number of aliphatic hydroxyl groups excluding tert-OH is 1. The lowest BCUT2D eigenvalue weighted by Gasteiger charge is -2.20. The molecule has 1 aliphatic carbocycles. The Kier molecular flexibility index (Phi) is 3.57. The van der Waals surface area contributed by atoms with E-state index in [0.29, 0.717) is 5.25 Å². The van der Waals surface area contributed by atoms with E-state index < -0.39 is 0 Å². The molecule has 2 unspecified atom stereocenters. The van der Waals surface area contributed by atoms with Crippen LogP contribution in [0.15, 0.2) is 29.2 Å². The number of thioether (sulfide) groups is 1. The lowest BCUT2D eigenvalue weighted by Crippen LogP contribution is -2.40. The van der Waals surface area contributed by atoms with Gasteiger partial charge in [0.25, 0.3) is 0 Å². The summed E-state index contributed by atoms with van der Waals surface area (Å²) in [6.07, 6.45) is 2.96.